The minimum atomic E-state index is -1.23. The first-order chi connectivity index (χ1) is 9.20. The second kappa shape index (κ2) is 4.07. The van der Waals surface area contributed by atoms with Gasteiger partial charge in [-0.05, 0) is 34.5 Å². The summed E-state index contributed by atoms with van der Waals surface area (Å²) in [5.41, 5.74) is 0.597. The molecule has 0 saturated heterocycles. The maximum atomic E-state index is 10.9. The summed E-state index contributed by atoms with van der Waals surface area (Å²) >= 11 is 0. The number of pyridine rings is 1. The Morgan fingerprint density at radius 2 is 2.00 bits per heavy atom. The molecule has 90 valence electrons. The van der Waals surface area contributed by atoms with Crippen molar-refractivity contribution in [1.29, 1.82) is 5.26 Å². The van der Waals surface area contributed by atoms with Crippen molar-refractivity contribution in [1.82, 2.24) is 4.98 Å². The molecule has 0 aliphatic heterocycles. The summed E-state index contributed by atoms with van der Waals surface area (Å²) in [4.78, 5) is 14.9. The quantitative estimate of drug-likeness (QED) is 0.612. The Balaban J connectivity index is 2.49. The third-order valence-corrected chi connectivity index (χ3v) is 3.11. The van der Waals surface area contributed by atoms with E-state index in [0.717, 1.165) is 16.2 Å². The molecule has 0 amide bonds. The third kappa shape index (κ3) is 1.69. The second-order valence-electron chi connectivity index (χ2n) is 4.18. The van der Waals surface area contributed by atoms with Crippen molar-refractivity contribution in [2.45, 2.75) is 0 Å². The van der Waals surface area contributed by atoms with Gasteiger partial charge in [0.1, 0.15) is 0 Å². The minimum Gasteiger partial charge on any atom is -0.545 e. The van der Waals surface area contributed by atoms with Gasteiger partial charge in [-0.3, -0.25) is 4.98 Å². The molecule has 0 atom stereocenters. The van der Waals surface area contributed by atoms with Crippen molar-refractivity contribution in [3.8, 4) is 6.07 Å². The second-order valence-corrected chi connectivity index (χ2v) is 4.18. The van der Waals surface area contributed by atoms with Crippen LogP contribution >= 0.6 is 0 Å². The molecule has 0 bridgehead atoms. The van der Waals surface area contributed by atoms with Gasteiger partial charge in [0.25, 0.3) is 0 Å². The number of fused-ring (bicyclic) bond motifs is 3. The molecule has 3 aromatic rings. The number of aromatic nitrogens is 1. The van der Waals surface area contributed by atoms with Crippen LogP contribution in [0.5, 0.6) is 0 Å². The van der Waals surface area contributed by atoms with Gasteiger partial charge in [-0.15, -0.1) is 0 Å². The Kier molecular flexibility index (Phi) is 2.39. The number of nitriles is 1. The van der Waals surface area contributed by atoms with E-state index in [9.17, 15) is 15.2 Å². The zero-order valence-electron chi connectivity index (χ0n) is 9.75. The number of nitrogens with zero attached hydrogens (tertiary/aromatic N) is 2. The van der Waals surface area contributed by atoms with Crippen LogP contribution in [0.25, 0.3) is 21.5 Å². The summed E-state index contributed by atoms with van der Waals surface area (Å²) in [6.45, 7) is 0. The number of carbonyl (C=O) groups is 1. The Labute approximate surface area is 108 Å². The van der Waals surface area contributed by atoms with Crippen molar-refractivity contribution in [3.05, 3.63) is 53.9 Å². The molecular weight excluding hydrogens is 240 g/mol. The van der Waals surface area contributed by atoms with Gasteiger partial charge in [0.05, 0.1) is 17.6 Å². The maximum Gasteiger partial charge on any atom is 0.0998 e. The fourth-order valence-electron chi connectivity index (χ4n) is 2.22. The summed E-state index contributed by atoms with van der Waals surface area (Å²) in [5.74, 6) is -1.23. The number of rotatable bonds is 1. The zero-order valence-corrected chi connectivity index (χ0v) is 9.75. The highest BCUT2D eigenvalue weighted by Crippen LogP contribution is 2.28. The standard InChI is InChI=1S/C15H8N2O2/c16-7-11-6-10-5-9(15(18)19)1-2-12(10)14-8-17-4-3-13(11)14/h1-6,8H,(H,18,19)/p-1. The van der Waals surface area contributed by atoms with Crippen LogP contribution in [-0.4, -0.2) is 11.0 Å². The van der Waals surface area contributed by atoms with Gasteiger partial charge in [-0.2, -0.15) is 5.26 Å². The van der Waals surface area contributed by atoms with Crippen molar-refractivity contribution in [3.63, 3.8) is 0 Å². The molecule has 0 spiro atoms. The Bertz CT molecular complexity index is 863. The van der Waals surface area contributed by atoms with Crippen molar-refractivity contribution in [2.75, 3.05) is 0 Å². The topological polar surface area (TPSA) is 76.8 Å². The monoisotopic (exact) mass is 247 g/mol. The van der Waals surface area contributed by atoms with Crippen LogP contribution in [0.4, 0.5) is 0 Å². The molecule has 0 N–H and O–H groups in total. The summed E-state index contributed by atoms with van der Waals surface area (Å²) in [5, 5.41) is 23.3. The fourth-order valence-corrected chi connectivity index (χ4v) is 2.22. The van der Waals surface area contributed by atoms with Crippen molar-refractivity contribution >= 4 is 27.5 Å². The molecule has 0 saturated carbocycles. The molecule has 1 aromatic heterocycles. The van der Waals surface area contributed by atoms with Crippen LogP contribution in [0.2, 0.25) is 0 Å². The van der Waals surface area contributed by atoms with E-state index in [1.165, 1.54) is 12.1 Å². The van der Waals surface area contributed by atoms with Gasteiger partial charge in [-0.1, -0.05) is 12.1 Å². The van der Waals surface area contributed by atoms with E-state index in [0.29, 0.717) is 10.9 Å². The molecule has 0 radical (unpaired) electrons. The lowest BCUT2D eigenvalue weighted by Gasteiger charge is -2.08. The first kappa shape index (κ1) is 11.2. The lowest BCUT2D eigenvalue weighted by molar-refractivity contribution is -0.255. The van der Waals surface area contributed by atoms with Crippen LogP contribution < -0.4 is 5.11 Å². The van der Waals surface area contributed by atoms with Gasteiger partial charge in [0.2, 0.25) is 0 Å². The molecule has 4 nitrogen and oxygen atoms in total. The van der Waals surface area contributed by atoms with Crippen LogP contribution in [0, 0.1) is 11.3 Å². The number of benzene rings is 2. The molecular formula is C15H7N2O2-. The van der Waals surface area contributed by atoms with E-state index in [1.54, 1.807) is 30.6 Å². The van der Waals surface area contributed by atoms with E-state index in [4.69, 9.17) is 0 Å². The largest absolute Gasteiger partial charge is 0.545 e. The van der Waals surface area contributed by atoms with Gasteiger partial charge in [0, 0.05) is 23.2 Å². The number of hydrogen-bond donors (Lipinski definition) is 0. The minimum absolute atomic E-state index is 0.0969. The molecule has 0 aliphatic rings. The third-order valence-electron chi connectivity index (χ3n) is 3.11. The summed E-state index contributed by atoms with van der Waals surface area (Å²) in [6, 6.07) is 10.3. The maximum absolute atomic E-state index is 10.9. The van der Waals surface area contributed by atoms with E-state index in [1.807, 2.05) is 0 Å². The molecule has 4 heteroatoms. The van der Waals surface area contributed by atoms with Gasteiger partial charge in [0.15, 0.2) is 0 Å². The van der Waals surface area contributed by atoms with E-state index in [2.05, 4.69) is 11.1 Å². The Morgan fingerprint density at radius 1 is 1.16 bits per heavy atom. The molecule has 2 aromatic carbocycles. The summed E-state index contributed by atoms with van der Waals surface area (Å²) < 4.78 is 0. The Hall–Kier alpha value is -2.93. The number of carboxylic acids is 1. The van der Waals surface area contributed by atoms with Crippen LogP contribution in [0.1, 0.15) is 15.9 Å². The fraction of sp³-hybridized carbons (Fsp3) is 0. The van der Waals surface area contributed by atoms with E-state index in [-0.39, 0.29) is 5.56 Å². The molecule has 3 rings (SSSR count). The number of hydrogen-bond acceptors (Lipinski definition) is 4. The first-order valence-corrected chi connectivity index (χ1v) is 5.62. The lowest BCUT2D eigenvalue weighted by Crippen LogP contribution is -2.21. The molecule has 19 heavy (non-hydrogen) atoms. The molecule has 0 unspecified atom stereocenters. The zero-order chi connectivity index (χ0) is 13.4. The SMILES string of the molecule is N#Cc1cc2cc(C(=O)[O-])ccc2c2cnccc12. The van der Waals surface area contributed by atoms with Gasteiger partial charge in [-0.25, -0.2) is 0 Å². The van der Waals surface area contributed by atoms with Crippen molar-refractivity contribution < 1.29 is 9.90 Å². The summed E-state index contributed by atoms with van der Waals surface area (Å²) in [6.07, 6.45) is 3.31. The number of carboxylic acid groups (broad SMARTS) is 1. The van der Waals surface area contributed by atoms with E-state index < -0.39 is 5.97 Å². The Morgan fingerprint density at radius 3 is 2.74 bits per heavy atom. The first-order valence-electron chi connectivity index (χ1n) is 5.62. The predicted octanol–water partition coefficient (Wildman–Crippen LogP) is 1.62. The molecule has 0 aliphatic carbocycles. The average molecular weight is 247 g/mol. The molecule has 1 heterocycles. The van der Waals surface area contributed by atoms with Gasteiger partial charge >= 0.3 is 0 Å². The average Bonchev–Trinajstić information content (AvgIpc) is 2.45. The lowest BCUT2D eigenvalue weighted by atomic mass is 9.98. The highest BCUT2D eigenvalue weighted by molar-refractivity contribution is 6.10. The number of carbonyl (C=O) groups excluding carboxylic acids is 1. The predicted molar refractivity (Wildman–Crippen MR) is 68.3 cm³/mol. The molecule has 0 fully saturated rings. The summed E-state index contributed by atoms with van der Waals surface area (Å²) in [7, 11) is 0. The van der Waals surface area contributed by atoms with E-state index >= 15 is 0 Å². The smallest absolute Gasteiger partial charge is 0.0998 e. The van der Waals surface area contributed by atoms with Crippen LogP contribution in [0.3, 0.4) is 0 Å². The normalized spacial score (nSPS) is 10.5. The van der Waals surface area contributed by atoms with Crippen molar-refractivity contribution in [2.24, 2.45) is 0 Å². The highest BCUT2D eigenvalue weighted by Gasteiger charge is 2.07. The van der Waals surface area contributed by atoms with Crippen LogP contribution in [0.15, 0.2) is 42.7 Å². The number of aromatic carboxylic acids is 1. The van der Waals surface area contributed by atoms with Crippen LogP contribution in [-0.2, 0) is 0 Å². The van der Waals surface area contributed by atoms with Gasteiger partial charge < -0.3 is 9.90 Å². The highest BCUT2D eigenvalue weighted by atomic mass is 16.4.